The number of hydrogen-bond acceptors (Lipinski definition) is 5. The first kappa shape index (κ1) is 22.6. The summed E-state index contributed by atoms with van der Waals surface area (Å²) in [7, 11) is 1.72. The number of hydrogen-bond donors (Lipinski definition) is 2. The minimum atomic E-state index is -0.593. The summed E-state index contributed by atoms with van der Waals surface area (Å²) in [5.41, 5.74) is 10.5. The van der Waals surface area contributed by atoms with E-state index in [0.29, 0.717) is 33.0 Å². The third-order valence-corrected chi connectivity index (χ3v) is 6.04. The van der Waals surface area contributed by atoms with Crippen LogP contribution in [-0.2, 0) is 7.05 Å². The van der Waals surface area contributed by atoms with Crippen LogP contribution >= 0.6 is 11.6 Å². The van der Waals surface area contributed by atoms with Crippen molar-refractivity contribution in [1.82, 2.24) is 9.55 Å². The number of aryl methyl sites for hydroxylation is 3. The van der Waals surface area contributed by atoms with E-state index in [1.54, 1.807) is 36.9 Å². The molecule has 3 N–H and O–H groups in total. The molecule has 170 valence electrons. The number of nitrogens with two attached hydrogens (primary N) is 1. The van der Waals surface area contributed by atoms with Gasteiger partial charge in [-0.1, -0.05) is 17.7 Å². The van der Waals surface area contributed by atoms with E-state index in [-0.39, 0.29) is 17.2 Å². The van der Waals surface area contributed by atoms with Gasteiger partial charge in [0.25, 0.3) is 5.91 Å². The summed E-state index contributed by atoms with van der Waals surface area (Å²) in [6, 6.07) is 8.92. The van der Waals surface area contributed by atoms with Crippen molar-refractivity contribution in [1.29, 1.82) is 0 Å². The number of rotatable bonds is 5. The summed E-state index contributed by atoms with van der Waals surface area (Å²) < 4.78 is 7.98. The Bertz CT molecular complexity index is 1470. The first-order valence-corrected chi connectivity index (χ1v) is 10.9. The topological polar surface area (TPSA) is 103 Å². The van der Waals surface area contributed by atoms with Crippen LogP contribution in [0.25, 0.3) is 22.3 Å². The first-order valence-electron chi connectivity index (χ1n) is 10.5. The van der Waals surface area contributed by atoms with E-state index >= 15 is 0 Å². The molecule has 0 spiro atoms. The maximum Gasteiger partial charge on any atom is 0.266 e. The third-order valence-electron chi connectivity index (χ3n) is 5.83. The summed E-state index contributed by atoms with van der Waals surface area (Å²) in [5, 5.41) is 4.35. The van der Waals surface area contributed by atoms with Crippen LogP contribution in [0.4, 0.5) is 5.69 Å². The smallest absolute Gasteiger partial charge is 0.266 e. The largest absolute Gasteiger partial charge is 0.455 e. The van der Waals surface area contributed by atoms with E-state index in [1.807, 2.05) is 39.0 Å². The molecular formula is C25H25ClN4O3. The molecular weight excluding hydrogens is 440 g/mol. The number of nitrogens with zero attached hydrogens (tertiary/aromatic N) is 2. The Morgan fingerprint density at radius 2 is 1.94 bits per heavy atom. The van der Waals surface area contributed by atoms with Crippen LogP contribution in [0.3, 0.4) is 0 Å². The molecule has 0 unspecified atom stereocenters. The Morgan fingerprint density at radius 3 is 2.61 bits per heavy atom. The number of anilines is 1. The summed E-state index contributed by atoms with van der Waals surface area (Å²) in [6.45, 7) is 7.50. The van der Waals surface area contributed by atoms with Gasteiger partial charge in [-0.25, -0.2) is 4.98 Å². The number of benzene rings is 1. The van der Waals surface area contributed by atoms with E-state index in [1.165, 1.54) is 0 Å². The highest BCUT2D eigenvalue weighted by atomic mass is 35.5. The van der Waals surface area contributed by atoms with Crippen molar-refractivity contribution in [2.45, 2.75) is 33.7 Å². The minimum Gasteiger partial charge on any atom is -0.455 e. The Labute approximate surface area is 196 Å². The van der Waals surface area contributed by atoms with Crippen LogP contribution in [0.1, 0.15) is 45.8 Å². The van der Waals surface area contributed by atoms with Crippen molar-refractivity contribution in [2.24, 2.45) is 12.8 Å². The van der Waals surface area contributed by atoms with Crippen molar-refractivity contribution < 1.29 is 9.21 Å². The van der Waals surface area contributed by atoms with Gasteiger partial charge in [-0.15, -0.1) is 0 Å². The summed E-state index contributed by atoms with van der Waals surface area (Å²) in [6.07, 6.45) is 1.72. The first-order chi connectivity index (χ1) is 15.6. The number of amides is 1. The maximum absolute atomic E-state index is 13.4. The Balaban J connectivity index is 1.93. The zero-order chi connectivity index (χ0) is 24.0. The van der Waals surface area contributed by atoms with Crippen LogP contribution in [0.2, 0.25) is 5.15 Å². The number of aromatic nitrogens is 2. The van der Waals surface area contributed by atoms with Gasteiger partial charge in [0.15, 0.2) is 5.43 Å². The number of halogens is 1. The van der Waals surface area contributed by atoms with E-state index in [9.17, 15) is 9.59 Å². The van der Waals surface area contributed by atoms with Gasteiger partial charge in [0, 0.05) is 29.9 Å². The van der Waals surface area contributed by atoms with Gasteiger partial charge in [-0.2, -0.15) is 0 Å². The van der Waals surface area contributed by atoms with E-state index in [4.69, 9.17) is 21.8 Å². The van der Waals surface area contributed by atoms with Gasteiger partial charge in [0.1, 0.15) is 22.2 Å². The highest BCUT2D eigenvalue weighted by molar-refractivity contribution is 6.29. The fraction of sp³-hybridized carbons (Fsp3) is 0.240. The Morgan fingerprint density at radius 1 is 1.21 bits per heavy atom. The van der Waals surface area contributed by atoms with Crippen molar-refractivity contribution in [3.8, 4) is 11.3 Å². The molecule has 0 fully saturated rings. The van der Waals surface area contributed by atoms with E-state index in [0.717, 1.165) is 22.5 Å². The monoisotopic (exact) mass is 464 g/mol. The average molecular weight is 465 g/mol. The zero-order valence-electron chi connectivity index (χ0n) is 19.1. The SMILES string of the molecule is Cc1cc([C@@H](C)Nc2ccc(Cl)nc2C)c2oc(-c3ccn(C)c3C(N)=O)c(C)c(=O)c2c1. The quantitative estimate of drug-likeness (QED) is 0.402. The van der Waals surface area contributed by atoms with E-state index in [2.05, 4.69) is 10.3 Å². The molecule has 4 aromatic rings. The van der Waals surface area contributed by atoms with Gasteiger partial charge in [-0.05, 0) is 57.5 Å². The Kier molecular flexibility index (Phi) is 5.76. The molecule has 0 saturated heterocycles. The molecule has 33 heavy (non-hydrogen) atoms. The number of nitrogens with one attached hydrogen (secondary N) is 1. The van der Waals surface area contributed by atoms with Crippen LogP contribution in [0, 0.1) is 20.8 Å². The van der Waals surface area contributed by atoms with Gasteiger partial charge >= 0.3 is 0 Å². The molecule has 0 aliphatic heterocycles. The molecule has 0 aliphatic carbocycles. The van der Waals surface area contributed by atoms with Crippen molar-refractivity contribution >= 4 is 34.2 Å². The molecule has 1 aromatic carbocycles. The molecule has 4 rings (SSSR count). The number of fused-ring (bicyclic) bond motifs is 1. The lowest BCUT2D eigenvalue weighted by molar-refractivity contribution is 0.0993. The van der Waals surface area contributed by atoms with Crippen LogP contribution in [-0.4, -0.2) is 15.5 Å². The molecule has 1 amide bonds. The number of carbonyl (C=O) groups is 1. The van der Waals surface area contributed by atoms with Gasteiger partial charge in [0.05, 0.1) is 22.8 Å². The van der Waals surface area contributed by atoms with Crippen LogP contribution in [0.5, 0.6) is 0 Å². The second-order valence-electron chi connectivity index (χ2n) is 8.30. The average Bonchev–Trinajstić information content (AvgIpc) is 3.14. The van der Waals surface area contributed by atoms with Crippen LogP contribution < -0.4 is 16.5 Å². The second kappa shape index (κ2) is 8.41. The number of pyridine rings is 1. The predicted octanol–water partition coefficient (Wildman–Crippen LogP) is 5.04. The van der Waals surface area contributed by atoms with E-state index < -0.39 is 5.91 Å². The molecule has 0 bridgehead atoms. The van der Waals surface area contributed by atoms with Gasteiger partial charge in [0.2, 0.25) is 0 Å². The van der Waals surface area contributed by atoms with Crippen molar-refractivity contribution in [3.63, 3.8) is 0 Å². The maximum atomic E-state index is 13.4. The number of carbonyl (C=O) groups excluding carboxylic acids is 1. The summed E-state index contributed by atoms with van der Waals surface area (Å²) in [4.78, 5) is 29.7. The standard InChI is InChI=1S/C25H25ClN4O3/c1-12-10-17(14(3)28-19-6-7-20(26)29-15(19)4)24-18(11-12)22(31)13(2)23(33-24)16-8-9-30(5)21(16)25(27)32/h6-11,14,28H,1-5H3,(H2,27,32)/t14-/m1/s1. The van der Waals surface area contributed by atoms with Gasteiger partial charge < -0.3 is 20.0 Å². The zero-order valence-corrected chi connectivity index (χ0v) is 19.9. The summed E-state index contributed by atoms with van der Waals surface area (Å²) >= 11 is 5.99. The molecule has 1 atom stereocenters. The predicted molar refractivity (Wildman–Crippen MR) is 131 cm³/mol. The fourth-order valence-electron chi connectivity index (χ4n) is 4.16. The van der Waals surface area contributed by atoms with Crippen molar-refractivity contribution in [3.05, 3.63) is 80.0 Å². The summed E-state index contributed by atoms with van der Waals surface area (Å²) in [5.74, 6) is -0.256. The molecule has 0 radical (unpaired) electrons. The van der Waals surface area contributed by atoms with Gasteiger partial charge in [-0.3, -0.25) is 9.59 Å². The van der Waals surface area contributed by atoms with Crippen molar-refractivity contribution in [2.75, 3.05) is 5.32 Å². The lowest BCUT2D eigenvalue weighted by Crippen LogP contribution is -2.17. The van der Waals surface area contributed by atoms with Crippen LogP contribution in [0.15, 0.2) is 45.7 Å². The normalized spacial score (nSPS) is 12.2. The lowest BCUT2D eigenvalue weighted by atomic mass is 9.98. The second-order valence-corrected chi connectivity index (χ2v) is 8.69. The molecule has 7 nitrogen and oxygen atoms in total. The molecule has 0 saturated carbocycles. The third kappa shape index (κ3) is 4.00. The molecule has 3 aromatic heterocycles. The highest BCUT2D eigenvalue weighted by Crippen LogP contribution is 2.34. The number of primary amides is 1. The molecule has 8 heteroatoms. The fourth-order valence-corrected chi connectivity index (χ4v) is 4.35. The lowest BCUT2D eigenvalue weighted by Gasteiger charge is -2.19. The highest BCUT2D eigenvalue weighted by Gasteiger charge is 2.23. The molecule has 0 aliphatic rings. The molecule has 3 heterocycles. The minimum absolute atomic E-state index is 0.146. The Hall–Kier alpha value is -3.58.